The molecule has 0 bridgehead atoms. The van der Waals surface area contributed by atoms with E-state index in [1.54, 1.807) is 34.7 Å². The van der Waals surface area contributed by atoms with E-state index in [0.717, 1.165) is 24.2 Å². The van der Waals surface area contributed by atoms with Gasteiger partial charge < -0.3 is 60.3 Å². The van der Waals surface area contributed by atoms with Crippen LogP contribution in [-0.2, 0) is 57.5 Å². The third-order valence-electron chi connectivity index (χ3n) is 23.5. The molecule has 4 saturated carbocycles. The van der Waals surface area contributed by atoms with Crippen LogP contribution in [0.1, 0.15) is 203 Å². The molecule has 0 aromatic heterocycles. The van der Waals surface area contributed by atoms with Gasteiger partial charge in [0, 0.05) is 78.7 Å². The quantitative estimate of drug-likeness (QED) is 0.103. The van der Waals surface area contributed by atoms with E-state index in [0.29, 0.717) is 25.7 Å². The Morgan fingerprint density at radius 3 is 1.82 bits per heavy atom. The monoisotopic (exact) mass is 1470 g/mol. The Balaban J connectivity index is 1.27. The second-order valence-electron chi connectivity index (χ2n) is 31.0. The molecule has 23 nitrogen and oxygen atoms in total. The van der Waals surface area contributed by atoms with E-state index in [9.17, 15) is 50.3 Å². The minimum Gasteiger partial charge on any atom is -0.377 e. The van der Waals surface area contributed by atoms with Gasteiger partial charge in [-0.25, -0.2) is 0 Å². The normalized spacial score (nSPS) is 32.7. The molecule has 102 heavy (non-hydrogen) atoms. The molecule has 3 aliphatic heterocycles. The van der Waals surface area contributed by atoms with Crippen LogP contribution in [0.4, 0.5) is 26.3 Å². The van der Waals surface area contributed by atoms with Crippen molar-refractivity contribution in [3.63, 3.8) is 0 Å². The van der Waals surface area contributed by atoms with Crippen LogP contribution in [0, 0.1) is 41.4 Å². The molecule has 11 amide bonds. The molecular weight excluding hydrogens is 1360 g/mol. The second kappa shape index (κ2) is 35.9. The highest BCUT2D eigenvalue weighted by atomic mass is 35.5. The first-order valence-corrected chi connectivity index (χ1v) is 37.9. The van der Waals surface area contributed by atoms with Gasteiger partial charge in [0.25, 0.3) is 0 Å². The molecule has 14 atom stereocenters. The van der Waals surface area contributed by atoms with Gasteiger partial charge in [0.15, 0.2) is 0 Å². The largest absolute Gasteiger partial charge is 0.393 e. The number of alkyl halides is 7. The number of ether oxygens (including phenoxy) is 1. The van der Waals surface area contributed by atoms with Crippen LogP contribution in [0.5, 0.6) is 0 Å². The van der Waals surface area contributed by atoms with Crippen LogP contribution in [0.3, 0.4) is 0 Å². The Hall–Kier alpha value is -6.00. The van der Waals surface area contributed by atoms with Crippen molar-refractivity contribution in [2.75, 3.05) is 61.0 Å². The standard InChI is InChI=1S/C72H114ClF6N11O12/c1-13-42(6)59-63(95)80-44(8)64(96)89-33-30-53(89)67(99)88(14-2)56(37-46-22-26-48(27-23-46)71(74,75)76)66(98)84(9)40-57(91)81-52(29-25-45-24-28-50(51(73)36-45)72(77,78)79)65(97)90-39-49(102-15-3)38-55(90)62(94)83-70(31-19-32-70)69(101)87(12)60(47-20-17-16-18-21-47)68(100)85(10)43(7)35-58(92)86(11)54(34-41(4)5)61(93)82-59/h41-56,59-60H,13-40H2,1-12H3,(H,80,95)(H,81,91)(H,82,93)(H,83,94)/t42-,43+,44-,45?,46?,48?,49+,50?,51?,52-,53-,54-,55-,56-,59-,60-/m0/s1. The molecule has 4 N–H and O–H groups in total. The third kappa shape index (κ3) is 20.1. The average molecular weight is 1480 g/mol. The SMILES string of the molecule is CCO[C@@H]1C[C@H]2C(=O)NC3(CCC3)C(=O)N(C)[C@@H](C3CCCCC3)C(=O)N(C)[C@H](C)CC(=O)N(C)[C@@H](CC(C)C)C(=O)N[C@@H]([C@@H](C)CC)C(=O)N[C@@H](C)C(=O)N3CC[C@H]3C(=O)N(CC)[C@@H](CC3CCC(C(F)(F)F)CC3)C(=O)N(C)CC(=O)N[C@@H](CCC3CCC(C(F)(F)F)C(Cl)C3)C(=O)N2C1. The molecule has 578 valence electrons. The summed E-state index contributed by atoms with van der Waals surface area (Å²) >= 11 is 6.41. The molecule has 7 aliphatic rings. The van der Waals surface area contributed by atoms with Gasteiger partial charge in [-0.2, -0.15) is 26.3 Å². The van der Waals surface area contributed by atoms with Gasteiger partial charge in [-0.05, 0) is 166 Å². The van der Waals surface area contributed by atoms with Gasteiger partial charge in [0.2, 0.25) is 65.0 Å². The van der Waals surface area contributed by atoms with Crippen LogP contribution in [0.15, 0.2) is 0 Å². The highest BCUT2D eigenvalue weighted by molar-refractivity contribution is 6.20. The van der Waals surface area contributed by atoms with Crippen molar-refractivity contribution < 1.29 is 83.8 Å². The number of rotatable bonds is 13. The van der Waals surface area contributed by atoms with Crippen molar-refractivity contribution in [3.05, 3.63) is 0 Å². The van der Waals surface area contributed by atoms with Crippen LogP contribution < -0.4 is 21.3 Å². The predicted octanol–water partition coefficient (Wildman–Crippen LogP) is 7.48. The summed E-state index contributed by atoms with van der Waals surface area (Å²) in [6.07, 6.45) is -5.57. The summed E-state index contributed by atoms with van der Waals surface area (Å²) < 4.78 is 90.4. The van der Waals surface area contributed by atoms with E-state index in [1.165, 1.54) is 57.5 Å². The number of hydrogen-bond donors (Lipinski definition) is 4. The maximum atomic E-state index is 15.5. The predicted molar refractivity (Wildman–Crippen MR) is 368 cm³/mol. The lowest BCUT2D eigenvalue weighted by Gasteiger charge is -2.47. The van der Waals surface area contributed by atoms with Crippen LogP contribution in [0.25, 0.3) is 0 Å². The summed E-state index contributed by atoms with van der Waals surface area (Å²) in [5, 5.41) is 10.1. The molecule has 3 heterocycles. The lowest BCUT2D eigenvalue weighted by molar-refractivity contribution is -0.184. The van der Waals surface area contributed by atoms with E-state index in [4.69, 9.17) is 16.3 Å². The summed E-state index contributed by atoms with van der Waals surface area (Å²) in [6, 6.07) is -10.8. The average Bonchev–Trinajstić information content (AvgIpc) is 1.32. The molecule has 3 saturated heterocycles. The zero-order valence-electron chi connectivity index (χ0n) is 61.9. The number of hydrogen-bond acceptors (Lipinski definition) is 12. The molecule has 7 rings (SSSR count). The summed E-state index contributed by atoms with van der Waals surface area (Å²) in [5.74, 6) is -12.6. The fourth-order valence-corrected chi connectivity index (χ4v) is 17.1. The maximum Gasteiger partial charge on any atom is 0.393 e. The molecule has 0 aromatic carbocycles. The van der Waals surface area contributed by atoms with Gasteiger partial charge in [0.1, 0.15) is 53.9 Å². The Morgan fingerprint density at radius 2 is 1.27 bits per heavy atom. The highest BCUT2D eigenvalue weighted by Gasteiger charge is 2.54. The number of carbonyl (C=O) groups is 11. The maximum absolute atomic E-state index is 15.5. The Kier molecular flexibility index (Phi) is 29.3. The summed E-state index contributed by atoms with van der Waals surface area (Å²) in [6.45, 7) is 12.9. The number of amides is 11. The first-order valence-electron chi connectivity index (χ1n) is 37.4. The van der Waals surface area contributed by atoms with Crippen LogP contribution in [0.2, 0.25) is 0 Å². The topological polar surface area (TPSA) is 268 Å². The first kappa shape index (κ1) is 83.3. The number of halogens is 7. The van der Waals surface area contributed by atoms with E-state index in [-0.39, 0.29) is 141 Å². The Bertz CT molecular complexity index is 2970. The molecular formula is C72H114ClF6N11O12. The Morgan fingerprint density at radius 1 is 0.627 bits per heavy atom. The van der Waals surface area contributed by atoms with Crippen LogP contribution >= 0.6 is 11.6 Å². The van der Waals surface area contributed by atoms with Crippen molar-refractivity contribution in [2.24, 2.45) is 41.4 Å². The van der Waals surface area contributed by atoms with E-state index < -0.39 is 185 Å². The number of nitrogens with zero attached hydrogens (tertiary/aromatic N) is 7. The second-order valence-corrected chi connectivity index (χ2v) is 31.5. The van der Waals surface area contributed by atoms with Crippen LogP contribution in [-0.4, -0.2) is 244 Å². The van der Waals surface area contributed by atoms with E-state index in [2.05, 4.69) is 21.3 Å². The van der Waals surface area contributed by atoms with Crippen molar-refractivity contribution in [1.82, 2.24) is 55.6 Å². The Labute approximate surface area is 602 Å². The number of nitrogens with one attached hydrogen (secondary N) is 4. The zero-order chi connectivity index (χ0) is 75.6. The third-order valence-corrected chi connectivity index (χ3v) is 24.0. The van der Waals surface area contributed by atoms with Gasteiger partial charge in [-0.15, -0.1) is 11.6 Å². The minimum absolute atomic E-state index is 0.0473. The van der Waals surface area contributed by atoms with Gasteiger partial charge in [-0.1, -0.05) is 53.4 Å². The molecule has 0 radical (unpaired) electrons. The lowest BCUT2D eigenvalue weighted by Crippen LogP contribution is -2.68. The van der Waals surface area contributed by atoms with E-state index >= 15 is 28.8 Å². The van der Waals surface area contributed by atoms with Crippen molar-refractivity contribution in [3.8, 4) is 0 Å². The molecule has 30 heteroatoms. The lowest BCUT2D eigenvalue weighted by atomic mass is 9.74. The molecule has 7 fully saturated rings. The van der Waals surface area contributed by atoms with Crippen molar-refractivity contribution in [1.29, 1.82) is 0 Å². The smallest absolute Gasteiger partial charge is 0.377 e. The summed E-state index contributed by atoms with van der Waals surface area (Å²) in [4.78, 5) is 173. The highest BCUT2D eigenvalue weighted by Crippen LogP contribution is 2.45. The van der Waals surface area contributed by atoms with Gasteiger partial charge >= 0.3 is 12.4 Å². The fraction of sp³-hybridized carbons (Fsp3) is 0.847. The molecule has 4 aliphatic carbocycles. The van der Waals surface area contributed by atoms with Gasteiger partial charge in [0.05, 0.1) is 24.5 Å². The van der Waals surface area contributed by atoms with Gasteiger partial charge in [-0.3, -0.25) is 52.7 Å². The number of fused-ring (bicyclic) bond motifs is 2. The minimum atomic E-state index is -4.55. The molecule has 0 aromatic rings. The number of carbonyl (C=O) groups excluding carboxylic acids is 11. The first-order chi connectivity index (χ1) is 47.9. The summed E-state index contributed by atoms with van der Waals surface area (Å²) in [5.41, 5.74) is -1.54. The van der Waals surface area contributed by atoms with Crippen molar-refractivity contribution >= 4 is 76.6 Å². The van der Waals surface area contributed by atoms with E-state index in [1.807, 2.05) is 20.8 Å². The van der Waals surface area contributed by atoms with Crippen molar-refractivity contribution in [2.45, 2.75) is 287 Å². The fourth-order valence-electron chi connectivity index (χ4n) is 16.6. The number of likely N-dealkylation sites (N-methyl/N-ethyl adjacent to an activating group) is 5. The zero-order valence-corrected chi connectivity index (χ0v) is 62.6. The molecule has 1 spiro atoms. The molecule has 3 unspecified atom stereocenters. The summed E-state index contributed by atoms with van der Waals surface area (Å²) in [7, 11) is 5.85.